The third-order valence-corrected chi connectivity index (χ3v) is 4.31. The Hall–Kier alpha value is -1.22. The third-order valence-electron chi connectivity index (χ3n) is 4.31. The monoisotopic (exact) mass is 372 g/mol. The summed E-state index contributed by atoms with van der Waals surface area (Å²) in [5.74, 6) is -0.171. The van der Waals surface area contributed by atoms with E-state index in [1.54, 1.807) is 0 Å². The molecular weight excluding hydrogens is 332 g/mol. The first-order valence-electron chi connectivity index (χ1n) is 9.99. The van der Waals surface area contributed by atoms with E-state index >= 15 is 0 Å². The van der Waals surface area contributed by atoms with Gasteiger partial charge in [0, 0.05) is 13.1 Å². The normalized spacial score (nSPS) is 13.2. The van der Waals surface area contributed by atoms with Crippen molar-refractivity contribution >= 4 is 11.8 Å². The minimum Gasteiger partial charge on any atom is -0.355 e. The van der Waals surface area contributed by atoms with Gasteiger partial charge in [-0.25, -0.2) is 0 Å². The van der Waals surface area contributed by atoms with Crippen molar-refractivity contribution in [2.75, 3.05) is 26.2 Å². The first-order chi connectivity index (χ1) is 12.5. The second-order valence-electron chi connectivity index (χ2n) is 6.78. The maximum atomic E-state index is 11.8. The number of hydrogen-bond donors (Lipinski definition) is 6. The lowest BCUT2D eigenvalue weighted by molar-refractivity contribution is -0.123. The van der Waals surface area contributed by atoms with Crippen LogP contribution in [0.2, 0.25) is 0 Å². The van der Waals surface area contributed by atoms with Gasteiger partial charge in [-0.1, -0.05) is 25.7 Å². The van der Waals surface area contributed by atoms with Crippen LogP contribution in [0, 0.1) is 0 Å². The van der Waals surface area contributed by atoms with Crippen molar-refractivity contribution in [1.82, 2.24) is 10.6 Å². The first kappa shape index (κ1) is 24.8. The van der Waals surface area contributed by atoms with E-state index in [1.807, 2.05) is 0 Å². The lowest BCUT2D eigenvalue weighted by Crippen LogP contribution is -2.41. The van der Waals surface area contributed by atoms with Crippen LogP contribution in [-0.2, 0) is 9.59 Å². The molecule has 0 aromatic carbocycles. The Morgan fingerprint density at radius 1 is 0.615 bits per heavy atom. The van der Waals surface area contributed by atoms with Crippen LogP contribution in [0.4, 0.5) is 0 Å². The van der Waals surface area contributed by atoms with Gasteiger partial charge in [0.15, 0.2) is 0 Å². The number of unbranched alkanes of at least 4 members (excludes halogenated alkanes) is 5. The van der Waals surface area contributed by atoms with Gasteiger partial charge in [0.2, 0.25) is 11.8 Å². The molecule has 8 nitrogen and oxygen atoms in total. The van der Waals surface area contributed by atoms with Gasteiger partial charge >= 0.3 is 0 Å². The van der Waals surface area contributed by atoms with Crippen molar-refractivity contribution in [3.63, 3.8) is 0 Å². The Balaban J connectivity index is 3.50. The van der Waals surface area contributed by atoms with E-state index in [2.05, 4.69) is 10.6 Å². The van der Waals surface area contributed by atoms with Gasteiger partial charge in [-0.05, 0) is 51.6 Å². The zero-order valence-electron chi connectivity index (χ0n) is 16.2. The smallest absolute Gasteiger partial charge is 0.236 e. The van der Waals surface area contributed by atoms with Crippen LogP contribution in [0.25, 0.3) is 0 Å². The SMILES string of the molecule is NCCCC[C@H](N)C(=O)NCCCCCCNC(=O)[C@@H](N)CCCCN. The Bertz CT molecular complexity index is 334. The molecule has 0 saturated heterocycles. The molecule has 0 aromatic heterocycles. The van der Waals surface area contributed by atoms with Gasteiger partial charge in [0.25, 0.3) is 0 Å². The van der Waals surface area contributed by atoms with Crippen LogP contribution >= 0.6 is 0 Å². The average molecular weight is 373 g/mol. The van der Waals surface area contributed by atoms with E-state index in [0.29, 0.717) is 39.0 Å². The average Bonchev–Trinajstić information content (AvgIpc) is 2.63. The molecule has 0 spiro atoms. The predicted molar refractivity (Wildman–Crippen MR) is 106 cm³/mol. The predicted octanol–water partition coefficient (Wildman–Crippen LogP) is -0.308. The molecule has 0 bridgehead atoms. The summed E-state index contributed by atoms with van der Waals surface area (Å²) < 4.78 is 0. The Morgan fingerprint density at radius 2 is 1.00 bits per heavy atom. The van der Waals surface area contributed by atoms with Crippen molar-refractivity contribution in [3.8, 4) is 0 Å². The molecule has 0 aliphatic carbocycles. The van der Waals surface area contributed by atoms with E-state index in [4.69, 9.17) is 22.9 Å². The number of nitrogens with one attached hydrogen (secondary N) is 2. The fourth-order valence-corrected chi connectivity index (χ4v) is 2.57. The second kappa shape index (κ2) is 17.2. The van der Waals surface area contributed by atoms with Crippen LogP contribution < -0.4 is 33.6 Å². The molecule has 0 aliphatic rings. The molecule has 0 fully saturated rings. The molecule has 0 radical (unpaired) electrons. The summed E-state index contributed by atoms with van der Waals surface area (Å²) in [6.45, 7) is 2.55. The zero-order chi connectivity index (χ0) is 19.6. The van der Waals surface area contributed by atoms with E-state index in [9.17, 15) is 9.59 Å². The lowest BCUT2D eigenvalue weighted by atomic mass is 10.1. The Labute approximate surface area is 158 Å². The molecule has 0 saturated carbocycles. The molecular formula is C18H40N6O2. The van der Waals surface area contributed by atoms with Crippen LogP contribution in [-0.4, -0.2) is 50.1 Å². The number of rotatable bonds is 17. The summed E-state index contributed by atoms with van der Waals surface area (Å²) in [5, 5.41) is 5.73. The standard InChI is InChI=1S/C18H40N6O2/c19-11-5-3-9-15(21)17(25)23-13-7-1-2-8-14-24-18(26)16(22)10-4-6-12-20/h15-16H,1-14,19-22H2,(H,23,25)(H,24,26)/t15-,16-/m0/s1. The summed E-state index contributed by atoms with van der Waals surface area (Å²) in [6.07, 6.45) is 8.74. The van der Waals surface area contributed by atoms with E-state index in [0.717, 1.165) is 51.4 Å². The highest BCUT2D eigenvalue weighted by atomic mass is 16.2. The minimum atomic E-state index is -0.439. The fraction of sp³-hybridized carbons (Fsp3) is 0.889. The molecule has 8 heteroatoms. The summed E-state index contributed by atoms with van der Waals surface area (Å²) in [6, 6.07) is -0.878. The molecule has 10 N–H and O–H groups in total. The lowest BCUT2D eigenvalue weighted by Gasteiger charge is -2.12. The summed E-state index contributed by atoms with van der Waals surface area (Å²) in [7, 11) is 0. The maximum Gasteiger partial charge on any atom is 0.236 e. The number of carbonyl (C=O) groups is 2. The summed E-state index contributed by atoms with van der Waals surface area (Å²) in [4.78, 5) is 23.5. The van der Waals surface area contributed by atoms with Crippen LogP contribution in [0.15, 0.2) is 0 Å². The number of hydrogen-bond acceptors (Lipinski definition) is 6. The molecule has 0 rings (SSSR count). The van der Waals surface area contributed by atoms with Gasteiger partial charge in [0.05, 0.1) is 12.1 Å². The van der Waals surface area contributed by atoms with Crippen LogP contribution in [0.5, 0.6) is 0 Å². The Kier molecular flexibility index (Phi) is 16.4. The molecule has 2 atom stereocenters. The van der Waals surface area contributed by atoms with Gasteiger partial charge in [-0.2, -0.15) is 0 Å². The van der Waals surface area contributed by atoms with Crippen LogP contribution in [0.1, 0.15) is 64.2 Å². The van der Waals surface area contributed by atoms with Crippen molar-refractivity contribution in [2.45, 2.75) is 76.3 Å². The molecule has 0 aliphatic heterocycles. The van der Waals surface area contributed by atoms with E-state index < -0.39 is 12.1 Å². The molecule has 0 heterocycles. The quantitative estimate of drug-likeness (QED) is 0.192. The fourth-order valence-electron chi connectivity index (χ4n) is 2.57. The van der Waals surface area contributed by atoms with Crippen molar-refractivity contribution < 1.29 is 9.59 Å². The van der Waals surface area contributed by atoms with E-state index in [-0.39, 0.29) is 11.8 Å². The molecule has 2 amide bonds. The maximum absolute atomic E-state index is 11.8. The van der Waals surface area contributed by atoms with Crippen molar-refractivity contribution in [3.05, 3.63) is 0 Å². The highest BCUT2D eigenvalue weighted by Gasteiger charge is 2.12. The highest BCUT2D eigenvalue weighted by molar-refractivity contribution is 5.81. The topological polar surface area (TPSA) is 162 Å². The third kappa shape index (κ3) is 14.0. The zero-order valence-corrected chi connectivity index (χ0v) is 16.2. The van der Waals surface area contributed by atoms with Crippen molar-refractivity contribution in [2.24, 2.45) is 22.9 Å². The Morgan fingerprint density at radius 3 is 1.35 bits per heavy atom. The number of amides is 2. The summed E-state index contributed by atoms with van der Waals surface area (Å²) in [5.41, 5.74) is 22.5. The van der Waals surface area contributed by atoms with Crippen molar-refractivity contribution in [1.29, 1.82) is 0 Å². The van der Waals surface area contributed by atoms with Crippen LogP contribution in [0.3, 0.4) is 0 Å². The van der Waals surface area contributed by atoms with Gasteiger partial charge in [-0.3, -0.25) is 9.59 Å². The molecule has 0 unspecified atom stereocenters. The van der Waals surface area contributed by atoms with Gasteiger partial charge in [-0.15, -0.1) is 0 Å². The number of carbonyl (C=O) groups excluding carboxylic acids is 2. The highest BCUT2D eigenvalue weighted by Crippen LogP contribution is 2.01. The molecule has 0 aromatic rings. The van der Waals surface area contributed by atoms with Gasteiger partial charge in [0.1, 0.15) is 0 Å². The molecule has 154 valence electrons. The summed E-state index contributed by atoms with van der Waals surface area (Å²) >= 11 is 0. The minimum absolute atomic E-state index is 0.0853. The molecule has 26 heavy (non-hydrogen) atoms. The largest absolute Gasteiger partial charge is 0.355 e. The van der Waals surface area contributed by atoms with E-state index in [1.165, 1.54) is 0 Å². The van der Waals surface area contributed by atoms with Gasteiger partial charge < -0.3 is 33.6 Å². The second-order valence-corrected chi connectivity index (χ2v) is 6.78. The first-order valence-corrected chi connectivity index (χ1v) is 9.99. The number of nitrogens with two attached hydrogens (primary N) is 4.